The molecule has 0 fully saturated rings. The Hall–Kier alpha value is -1.26. The van der Waals surface area contributed by atoms with Crippen molar-refractivity contribution >= 4 is 11.3 Å². The molecular formula is C14H19N3S. The van der Waals surface area contributed by atoms with E-state index in [9.17, 15) is 0 Å². The lowest BCUT2D eigenvalue weighted by atomic mass is 10.1. The second-order valence-electron chi connectivity index (χ2n) is 4.43. The molecule has 1 N–H and O–H groups in total. The molecule has 0 saturated carbocycles. The molecule has 2 aromatic heterocycles. The molecule has 0 aromatic carbocycles. The first kappa shape index (κ1) is 13.2. The Morgan fingerprint density at radius 2 is 2.22 bits per heavy atom. The number of pyridine rings is 1. The number of likely N-dealkylation sites (N-methyl/N-ethyl adjacent to an activating group) is 1. The molecule has 0 bridgehead atoms. The number of nitrogens with zero attached hydrogens (tertiary/aromatic N) is 2. The number of aromatic nitrogens is 2. The van der Waals surface area contributed by atoms with Gasteiger partial charge in [0.25, 0.3) is 0 Å². The van der Waals surface area contributed by atoms with E-state index in [1.807, 2.05) is 19.2 Å². The highest BCUT2D eigenvalue weighted by molar-refractivity contribution is 7.09. The summed E-state index contributed by atoms with van der Waals surface area (Å²) in [6.45, 7) is 7.20. The third-order valence-electron chi connectivity index (χ3n) is 2.82. The van der Waals surface area contributed by atoms with E-state index in [4.69, 9.17) is 0 Å². The van der Waals surface area contributed by atoms with Crippen molar-refractivity contribution in [3.63, 3.8) is 0 Å². The lowest BCUT2D eigenvalue weighted by Gasteiger charge is -2.16. The molecule has 96 valence electrons. The SMILES string of the molecule is CCNC(Cc1csc(C)n1)c1cc(C)ccn1. The molecule has 0 aliphatic carbocycles. The minimum absolute atomic E-state index is 0.247. The lowest BCUT2D eigenvalue weighted by molar-refractivity contribution is 0.532. The highest BCUT2D eigenvalue weighted by atomic mass is 32.1. The average molecular weight is 261 g/mol. The van der Waals surface area contributed by atoms with Crippen LogP contribution >= 0.6 is 11.3 Å². The van der Waals surface area contributed by atoms with Gasteiger partial charge >= 0.3 is 0 Å². The lowest BCUT2D eigenvalue weighted by Crippen LogP contribution is -2.24. The van der Waals surface area contributed by atoms with Crippen molar-refractivity contribution in [3.8, 4) is 0 Å². The second kappa shape index (κ2) is 6.07. The number of rotatable bonds is 5. The molecule has 1 unspecified atom stereocenters. The van der Waals surface area contributed by atoms with Gasteiger partial charge in [-0.2, -0.15) is 0 Å². The number of hydrogen-bond donors (Lipinski definition) is 1. The first-order chi connectivity index (χ1) is 8.69. The Balaban J connectivity index is 2.17. The monoisotopic (exact) mass is 261 g/mol. The molecule has 2 rings (SSSR count). The molecule has 0 aliphatic rings. The third-order valence-corrected chi connectivity index (χ3v) is 3.65. The standard InChI is InChI=1S/C14H19N3S/c1-4-15-14(8-12-9-18-11(3)17-12)13-7-10(2)5-6-16-13/h5-7,9,14-15H,4,8H2,1-3H3. The Labute approximate surface area is 112 Å². The van der Waals surface area contributed by atoms with Crippen molar-refractivity contribution in [1.82, 2.24) is 15.3 Å². The molecule has 18 heavy (non-hydrogen) atoms. The van der Waals surface area contributed by atoms with Crippen molar-refractivity contribution in [2.24, 2.45) is 0 Å². The zero-order valence-electron chi connectivity index (χ0n) is 11.1. The molecule has 0 radical (unpaired) electrons. The molecule has 2 heterocycles. The van der Waals surface area contributed by atoms with Gasteiger partial charge in [-0.25, -0.2) is 4.98 Å². The summed E-state index contributed by atoms with van der Waals surface area (Å²) >= 11 is 1.70. The molecule has 0 saturated heterocycles. The summed E-state index contributed by atoms with van der Waals surface area (Å²) in [6.07, 6.45) is 2.77. The van der Waals surface area contributed by atoms with Crippen LogP contribution in [0.1, 0.15) is 34.9 Å². The highest BCUT2D eigenvalue weighted by Crippen LogP contribution is 2.18. The molecule has 0 amide bonds. The van der Waals surface area contributed by atoms with Crippen molar-refractivity contribution < 1.29 is 0 Å². The van der Waals surface area contributed by atoms with Crippen molar-refractivity contribution in [3.05, 3.63) is 45.7 Å². The van der Waals surface area contributed by atoms with Crippen LogP contribution in [-0.4, -0.2) is 16.5 Å². The second-order valence-corrected chi connectivity index (χ2v) is 5.49. The number of thiazole rings is 1. The van der Waals surface area contributed by atoms with Gasteiger partial charge in [-0.05, 0) is 38.1 Å². The van der Waals surface area contributed by atoms with Gasteiger partial charge in [0.15, 0.2) is 0 Å². The molecule has 0 spiro atoms. The van der Waals surface area contributed by atoms with Crippen LogP contribution in [0.25, 0.3) is 0 Å². The van der Waals surface area contributed by atoms with Gasteiger partial charge in [-0.3, -0.25) is 4.98 Å². The van der Waals surface area contributed by atoms with Gasteiger partial charge < -0.3 is 5.32 Å². The van der Waals surface area contributed by atoms with Crippen LogP contribution in [-0.2, 0) is 6.42 Å². The maximum atomic E-state index is 4.53. The van der Waals surface area contributed by atoms with E-state index in [0.717, 1.165) is 29.4 Å². The van der Waals surface area contributed by atoms with Crippen LogP contribution in [0.4, 0.5) is 0 Å². The summed E-state index contributed by atoms with van der Waals surface area (Å²) in [5.41, 5.74) is 3.49. The maximum absolute atomic E-state index is 4.53. The number of aryl methyl sites for hydroxylation is 2. The minimum atomic E-state index is 0.247. The molecule has 2 aromatic rings. The molecular weight excluding hydrogens is 242 g/mol. The van der Waals surface area contributed by atoms with E-state index >= 15 is 0 Å². The van der Waals surface area contributed by atoms with Crippen molar-refractivity contribution in [2.75, 3.05) is 6.54 Å². The summed E-state index contributed by atoms with van der Waals surface area (Å²) in [4.78, 5) is 9.01. The number of nitrogens with one attached hydrogen (secondary N) is 1. The van der Waals surface area contributed by atoms with Crippen LogP contribution < -0.4 is 5.32 Å². The average Bonchev–Trinajstić information content (AvgIpc) is 2.74. The van der Waals surface area contributed by atoms with E-state index in [1.165, 1.54) is 5.56 Å². The summed E-state index contributed by atoms with van der Waals surface area (Å²) in [7, 11) is 0. The van der Waals surface area contributed by atoms with Crippen LogP contribution in [0.3, 0.4) is 0 Å². The summed E-state index contributed by atoms with van der Waals surface area (Å²) in [5, 5.41) is 6.74. The minimum Gasteiger partial charge on any atom is -0.309 e. The molecule has 3 nitrogen and oxygen atoms in total. The van der Waals surface area contributed by atoms with Gasteiger partial charge in [-0.15, -0.1) is 11.3 Å². The van der Waals surface area contributed by atoms with Crippen molar-refractivity contribution in [1.29, 1.82) is 0 Å². The van der Waals surface area contributed by atoms with Gasteiger partial charge in [0, 0.05) is 18.0 Å². The van der Waals surface area contributed by atoms with Crippen LogP contribution in [0, 0.1) is 13.8 Å². The highest BCUT2D eigenvalue weighted by Gasteiger charge is 2.14. The summed E-state index contributed by atoms with van der Waals surface area (Å²) in [5.74, 6) is 0. The van der Waals surface area contributed by atoms with E-state index in [1.54, 1.807) is 11.3 Å². The fourth-order valence-electron chi connectivity index (χ4n) is 1.99. The predicted octanol–water partition coefficient (Wildman–Crippen LogP) is 3.05. The van der Waals surface area contributed by atoms with Gasteiger partial charge in [0.05, 0.1) is 22.4 Å². The Kier molecular flexibility index (Phi) is 4.44. The van der Waals surface area contributed by atoms with E-state index in [-0.39, 0.29) is 6.04 Å². The zero-order valence-corrected chi connectivity index (χ0v) is 11.9. The summed E-state index contributed by atoms with van der Waals surface area (Å²) < 4.78 is 0. The van der Waals surface area contributed by atoms with Gasteiger partial charge in [0.2, 0.25) is 0 Å². The van der Waals surface area contributed by atoms with Crippen LogP contribution in [0.2, 0.25) is 0 Å². The molecule has 4 heteroatoms. The third kappa shape index (κ3) is 3.37. The first-order valence-electron chi connectivity index (χ1n) is 6.26. The Bertz CT molecular complexity index is 507. The number of hydrogen-bond acceptors (Lipinski definition) is 4. The zero-order chi connectivity index (χ0) is 13.0. The Morgan fingerprint density at radius 3 is 2.83 bits per heavy atom. The smallest absolute Gasteiger partial charge is 0.0897 e. The fourth-order valence-corrected chi connectivity index (χ4v) is 2.61. The van der Waals surface area contributed by atoms with Gasteiger partial charge in [-0.1, -0.05) is 6.92 Å². The van der Waals surface area contributed by atoms with Crippen LogP contribution in [0.15, 0.2) is 23.7 Å². The molecule has 0 aliphatic heterocycles. The predicted molar refractivity (Wildman–Crippen MR) is 75.9 cm³/mol. The maximum Gasteiger partial charge on any atom is 0.0897 e. The van der Waals surface area contributed by atoms with E-state index < -0.39 is 0 Å². The normalized spacial score (nSPS) is 12.6. The fraction of sp³-hybridized carbons (Fsp3) is 0.429. The summed E-state index contributed by atoms with van der Waals surface area (Å²) in [6, 6.07) is 4.42. The van der Waals surface area contributed by atoms with E-state index in [0.29, 0.717) is 0 Å². The Morgan fingerprint density at radius 1 is 1.39 bits per heavy atom. The van der Waals surface area contributed by atoms with Gasteiger partial charge in [0.1, 0.15) is 0 Å². The van der Waals surface area contributed by atoms with E-state index in [2.05, 4.69) is 40.6 Å². The van der Waals surface area contributed by atoms with Crippen LogP contribution in [0.5, 0.6) is 0 Å². The molecule has 1 atom stereocenters. The topological polar surface area (TPSA) is 37.8 Å². The largest absolute Gasteiger partial charge is 0.309 e. The quantitative estimate of drug-likeness (QED) is 0.899. The first-order valence-corrected chi connectivity index (χ1v) is 7.14. The van der Waals surface area contributed by atoms with Crippen molar-refractivity contribution in [2.45, 2.75) is 33.2 Å².